The van der Waals surface area contributed by atoms with E-state index in [-0.39, 0.29) is 10.6 Å². The molecule has 0 radical (unpaired) electrons. The number of nitro groups is 1. The van der Waals surface area contributed by atoms with E-state index < -0.39 is 0 Å². The van der Waals surface area contributed by atoms with Crippen molar-refractivity contribution in [2.45, 2.75) is 31.8 Å². The van der Waals surface area contributed by atoms with Crippen molar-refractivity contribution in [3.63, 3.8) is 0 Å². The molecule has 1 fully saturated rings. The Morgan fingerprint density at radius 2 is 2.24 bits per heavy atom. The van der Waals surface area contributed by atoms with Crippen molar-refractivity contribution < 1.29 is 4.92 Å². The SMILES string of the molecule is O=[N+]([O-])c1ccccc1CN1CCCCC1c1nccs1. The minimum Gasteiger partial charge on any atom is -0.289 e. The zero-order valence-corrected chi connectivity index (χ0v) is 12.5. The number of hydrogen-bond acceptors (Lipinski definition) is 5. The first-order chi connectivity index (χ1) is 10.3. The molecule has 0 saturated carbocycles. The van der Waals surface area contributed by atoms with E-state index in [0.29, 0.717) is 12.6 Å². The third-order valence-electron chi connectivity index (χ3n) is 3.91. The maximum atomic E-state index is 11.2. The lowest BCUT2D eigenvalue weighted by Gasteiger charge is -2.34. The van der Waals surface area contributed by atoms with E-state index in [9.17, 15) is 10.1 Å². The van der Waals surface area contributed by atoms with Crippen molar-refractivity contribution in [2.75, 3.05) is 6.54 Å². The van der Waals surface area contributed by atoms with Crippen LogP contribution in [0.3, 0.4) is 0 Å². The van der Waals surface area contributed by atoms with Gasteiger partial charge >= 0.3 is 0 Å². The number of nitro benzene ring substituents is 1. The zero-order chi connectivity index (χ0) is 14.7. The molecule has 1 unspecified atom stereocenters. The number of thiazole rings is 1. The van der Waals surface area contributed by atoms with Gasteiger partial charge in [-0.2, -0.15) is 0 Å². The van der Waals surface area contributed by atoms with Gasteiger partial charge in [0, 0.05) is 29.8 Å². The van der Waals surface area contributed by atoms with Crippen molar-refractivity contribution in [2.24, 2.45) is 0 Å². The lowest BCUT2D eigenvalue weighted by molar-refractivity contribution is -0.385. The van der Waals surface area contributed by atoms with Crippen molar-refractivity contribution >= 4 is 17.0 Å². The Bertz CT molecular complexity index is 615. The first kappa shape index (κ1) is 14.2. The first-order valence-electron chi connectivity index (χ1n) is 7.11. The number of para-hydroxylation sites is 1. The standard InChI is InChI=1S/C15H17N3O2S/c19-18(20)13-6-2-1-5-12(13)11-17-9-4-3-7-14(17)15-16-8-10-21-15/h1-2,5-6,8,10,14H,3-4,7,9,11H2. The molecule has 2 aromatic rings. The molecule has 1 aromatic heterocycles. The van der Waals surface area contributed by atoms with Gasteiger partial charge in [0.25, 0.3) is 5.69 Å². The maximum absolute atomic E-state index is 11.2. The summed E-state index contributed by atoms with van der Waals surface area (Å²) in [5, 5.41) is 14.3. The minimum absolute atomic E-state index is 0.209. The molecule has 6 heteroatoms. The Morgan fingerprint density at radius 1 is 1.38 bits per heavy atom. The minimum atomic E-state index is -0.294. The summed E-state index contributed by atoms with van der Waals surface area (Å²) in [5.41, 5.74) is 0.993. The van der Waals surface area contributed by atoms with Crippen LogP contribution in [-0.2, 0) is 6.54 Å². The predicted octanol–water partition coefficient (Wildman–Crippen LogP) is 3.78. The second-order valence-corrected chi connectivity index (χ2v) is 6.16. The van der Waals surface area contributed by atoms with Crippen LogP contribution in [0.25, 0.3) is 0 Å². The largest absolute Gasteiger partial charge is 0.289 e. The maximum Gasteiger partial charge on any atom is 0.273 e. The molecule has 1 aromatic carbocycles. The summed E-state index contributed by atoms with van der Waals surface area (Å²) in [7, 11) is 0. The van der Waals surface area contributed by atoms with Crippen molar-refractivity contribution in [1.29, 1.82) is 0 Å². The molecular weight excluding hydrogens is 286 g/mol. The summed E-state index contributed by atoms with van der Waals surface area (Å²) in [5.74, 6) is 0. The van der Waals surface area contributed by atoms with Crippen LogP contribution in [0.4, 0.5) is 5.69 Å². The Morgan fingerprint density at radius 3 is 3.00 bits per heavy atom. The Labute approximate surface area is 127 Å². The quantitative estimate of drug-likeness (QED) is 0.637. The monoisotopic (exact) mass is 303 g/mol. The molecule has 0 aliphatic carbocycles. The molecular formula is C15H17N3O2S. The van der Waals surface area contributed by atoms with Crippen LogP contribution in [0, 0.1) is 10.1 Å². The third-order valence-corrected chi connectivity index (χ3v) is 4.79. The number of hydrogen-bond donors (Lipinski definition) is 0. The topological polar surface area (TPSA) is 59.3 Å². The van der Waals surface area contributed by atoms with Crippen LogP contribution < -0.4 is 0 Å². The number of benzene rings is 1. The normalized spacial score (nSPS) is 19.5. The highest BCUT2D eigenvalue weighted by molar-refractivity contribution is 7.09. The van der Waals surface area contributed by atoms with E-state index in [0.717, 1.165) is 30.0 Å². The van der Waals surface area contributed by atoms with Gasteiger partial charge in [-0.05, 0) is 19.4 Å². The Balaban J connectivity index is 1.84. The van der Waals surface area contributed by atoms with Gasteiger partial charge in [-0.3, -0.25) is 15.0 Å². The summed E-state index contributed by atoms with van der Waals surface area (Å²) in [6.07, 6.45) is 5.24. The van der Waals surface area contributed by atoms with Gasteiger partial charge in [-0.25, -0.2) is 4.98 Å². The predicted molar refractivity (Wildman–Crippen MR) is 82.2 cm³/mol. The number of aromatic nitrogens is 1. The first-order valence-corrected chi connectivity index (χ1v) is 7.99. The highest BCUT2D eigenvalue weighted by Gasteiger charge is 2.27. The number of nitrogens with zero attached hydrogens (tertiary/aromatic N) is 3. The lowest BCUT2D eigenvalue weighted by Crippen LogP contribution is -2.33. The van der Waals surface area contributed by atoms with Crippen LogP contribution in [0.2, 0.25) is 0 Å². The van der Waals surface area contributed by atoms with Gasteiger partial charge in [0.2, 0.25) is 0 Å². The van der Waals surface area contributed by atoms with Crippen molar-refractivity contribution in [1.82, 2.24) is 9.88 Å². The lowest BCUT2D eigenvalue weighted by atomic mass is 10.0. The molecule has 0 N–H and O–H groups in total. The summed E-state index contributed by atoms with van der Waals surface area (Å²) in [6.45, 7) is 1.58. The zero-order valence-electron chi connectivity index (χ0n) is 11.6. The average molecular weight is 303 g/mol. The van der Waals surface area contributed by atoms with E-state index in [1.165, 1.54) is 6.42 Å². The van der Waals surface area contributed by atoms with Crippen LogP contribution in [0.1, 0.15) is 35.9 Å². The second-order valence-electron chi connectivity index (χ2n) is 5.24. The smallest absolute Gasteiger partial charge is 0.273 e. The Hall–Kier alpha value is -1.79. The van der Waals surface area contributed by atoms with Gasteiger partial charge in [-0.15, -0.1) is 11.3 Å². The molecule has 21 heavy (non-hydrogen) atoms. The molecule has 0 bridgehead atoms. The molecule has 0 spiro atoms. The molecule has 1 aliphatic rings. The fourth-order valence-electron chi connectivity index (χ4n) is 2.90. The summed E-state index contributed by atoms with van der Waals surface area (Å²) in [4.78, 5) is 17.6. The fourth-order valence-corrected chi connectivity index (χ4v) is 3.71. The summed E-state index contributed by atoms with van der Waals surface area (Å²) < 4.78 is 0. The van der Waals surface area contributed by atoms with Crippen LogP contribution in [-0.4, -0.2) is 21.4 Å². The van der Waals surface area contributed by atoms with Gasteiger partial charge in [0.1, 0.15) is 5.01 Å². The molecule has 0 amide bonds. The summed E-state index contributed by atoms with van der Waals surface area (Å²) in [6, 6.07) is 7.31. The molecule has 1 saturated heterocycles. The molecule has 2 heterocycles. The number of piperidine rings is 1. The van der Waals surface area contributed by atoms with Gasteiger partial charge < -0.3 is 0 Å². The fraction of sp³-hybridized carbons (Fsp3) is 0.400. The molecule has 1 aliphatic heterocycles. The van der Waals surface area contributed by atoms with Crippen molar-refractivity contribution in [3.8, 4) is 0 Å². The molecule has 110 valence electrons. The molecule has 3 rings (SSSR count). The molecule has 1 atom stereocenters. The number of likely N-dealkylation sites (tertiary alicyclic amines) is 1. The highest BCUT2D eigenvalue weighted by atomic mass is 32.1. The highest BCUT2D eigenvalue weighted by Crippen LogP contribution is 2.34. The average Bonchev–Trinajstić information content (AvgIpc) is 3.02. The second kappa shape index (κ2) is 6.32. The van der Waals surface area contributed by atoms with Crippen molar-refractivity contribution in [3.05, 3.63) is 56.5 Å². The van der Waals surface area contributed by atoms with Gasteiger partial charge in [0.15, 0.2) is 0 Å². The van der Waals surface area contributed by atoms with E-state index in [1.54, 1.807) is 23.5 Å². The van der Waals surface area contributed by atoms with Crippen LogP contribution >= 0.6 is 11.3 Å². The number of rotatable bonds is 4. The van der Waals surface area contributed by atoms with E-state index in [2.05, 4.69) is 9.88 Å². The Kier molecular flexibility index (Phi) is 4.26. The third kappa shape index (κ3) is 3.11. The molecule has 5 nitrogen and oxygen atoms in total. The van der Waals surface area contributed by atoms with E-state index in [1.807, 2.05) is 23.7 Å². The van der Waals surface area contributed by atoms with E-state index in [4.69, 9.17) is 0 Å². The van der Waals surface area contributed by atoms with Crippen LogP contribution in [0.5, 0.6) is 0 Å². The van der Waals surface area contributed by atoms with E-state index >= 15 is 0 Å². The van der Waals surface area contributed by atoms with Gasteiger partial charge in [0.05, 0.1) is 11.0 Å². The van der Waals surface area contributed by atoms with Gasteiger partial charge in [-0.1, -0.05) is 24.6 Å². The summed E-state index contributed by atoms with van der Waals surface area (Å²) >= 11 is 1.67. The van der Waals surface area contributed by atoms with Crippen LogP contribution in [0.15, 0.2) is 35.8 Å².